The van der Waals surface area contributed by atoms with Crippen molar-refractivity contribution in [1.29, 1.82) is 5.26 Å². The van der Waals surface area contributed by atoms with Gasteiger partial charge in [0.15, 0.2) is 0 Å². The third-order valence-corrected chi connectivity index (χ3v) is 9.52. The number of nitrogens with zero attached hydrogens (tertiary/aromatic N) is 5. The van der Waals surface area contributed by atoms with Gasteiger partial charge in [-0.2, -0.15) is 5.26 Å². The molecule has 0 unspecified atom stereocenters. The summed E-state index contributed by atoms with van der Waals surface area (Å²) in [5.74, 6) is 0.530. The molecule has 47 heavy (non-hydrogen) atoms. The van der Waals surface area contributed by atoms with E-state index in [0.29, 0.717) is 44.1 Å². The Hall–Kier alpha value is -4.27. The molecule has 0 radical (unpaired) electrons. The summed E-state index contributed by atoms with van der Waals surface area (Å²) in [6.07, 6.45) is 7.56. The van der Waals surface area contributed by atoms with Gasteiger partial charge in [0.05, 0.1) is 40.6 Å². The van der Waals surface area contributed by atoms with E-state index in [-0.39, 0.29) is 11.6 Å². The molecule has 244 valence electrons. The molecule has 2 aromatic heterocycles. The number of aromatic nitrogens is 2. The van der Waals surface area contributed by atoms with Crippen molar-refractivity contribution >= 4 is 51.2 Å². The number of ether oxygens (including phenoxy) is 1. The molecule has 1 saturated heterocycles. The van der Waals surface area contributed by atoms with Crippen LogP contribution in [0.15, 0.2) is 66.8 Å². The van der Waals surface area contributed by atoms with Crippen LogP contribution in [0.25, 0.3) is 10.9 Å². The average molecular weight is 673 g/mol. The van der Waals surface area contributed by atoms with Gasteiger partial charge in [-0.15, -0.1) is 5.53 Å². The van der Waals surface area contributed by atoms with Crippen LogP contribution in [0.5, 0.6) is 5.88 Å². The third kappa shape index (κ3) is 7.04. The molecule has 1 fully saturated rings. The lowest BCUT2D eigenvalue weighted by molar-refractivity contribution is 0.0570. The van der Waals surface area contributed by atoms with E-state index in [2.05, 4.69) is 74.5 Å². The second-order valence-corrected chi connectivity index (χ2v) is 13.7. The first kappa shape index (κ1) is 32.7. The summed E-state index contributed by atoms with van der Waals surface area (Å²) in [4.78, 5) is 11.6. The number of hydrazine groups is 2. The van der Waals surface area contributed by atoms with Gasteiger partial charge in [0, 0.05) is 71.1 Å². The van der Waals surface area contributed by atoms with E-state index in [1.165, 1.54) is 6.20 Å². The molecule has 0 spiro atoms. The summed E-state index contributed by atoms with van der Waals surface area (Å²) in [6.45, 7) is 10.8. The van der Waals surface area contributed by atoms with Crippen LogP contribution < -0.4 is 26.3 Å². The first-order valence-electron chi connectivity index (χ1n) is 15.6. The minimum atomic E-state index is -0.325. The van der Waals surface area contributed by atoms with E-state index in [9.17, 15) is 5.26 Å². The Morgan fingerprint density at radius 3 is 2.45 bits per heavy atom. The predicted octanol–water partition coefficient (Wildman–Crippen LogP) is 7.45. The van der Waals surface area contributed by atoms with Crippen molar-refractivity contribution in [3.05, 3.63) is 93.5 Å². The van der Waals surface area contributed by atoms with Gasteiger partial charge in [-0.3, -0.25) is 14.9 Å². The summed E-state index contributed by atoms with van der Waals surface area (Å²) in [5, 5.41) is 21.0. The van der Waals surface area contributed by atoms with E-state index < -0.39 is 0 Å². The highest BCUT2D eigenvalue weighted by Gasteiger charge is 2.32. The van der Waals surface area contributed by atoms with Crippen molar-refractivity contribution in [2.75, 3.05) is 30.8 Å². The molecule has 1 atom stereocenters. The molecule has 10 nitrogen and oxygen atoms in total. The van der Waals surface area contributed by atoms with Gasteiger partial charge in [-0.05, 0) is 82.0 Å². The number of hydrogen-bond acceptors (Lipinski definition) is 10. The Balaban J connectivity index is 1.34. The number of methoxy groups -OCH3 is 1. The molecule has 0 saturated carbocycles. The van der Waals surface area contributed by atoms with E-state index in [1.54, 1.807) is 13.3 Å². The van der Waals surface area contributed by atoms with Crippen LogP contribution in [0.2, 0.25) is 10.0 Å². The number of nitriles is 1. The number of rotatable bonds is 8. The molecule has 0 aliphatic carbocycles. The number of aryl methyl sites for hydroxylation is 1. The molecule has 4 heterocycles. The van der Waals surface area contributed by atoms with Crippen molar-refractivity contribution in [1.82, 2.24) is 30.8 Å². The number of hydrogen-bond donors (Lipinski definition) is 4. The topological polar surface area (TPSA) is 113 Å². The molecule has 0 bridgehead atoms. The van der Waals surface area contributed by atoms with Crippen LogP contribution in [-0.2, 0) is 0 Å². The molecule has 2 aliphatic heterocycles. The maximum atomic E-state index is 10.0. The van der Waals surface area contributed by atoms with Crippen molar-refractivity contribution in [3.63, 3.8) is 0 Å². The van der Waals surface area contributed by atoms with Gasteiger partial charge in [0.1, 0.15) is 6.07 Å². The molecule has 2 aromatic carbocycles. The molecular weight excluding hydrogens is 633 g/mol. The average Bonchev–Trinajstić information content (AvgIpc) is 3.55. The lowest BCUT2D eigenvalue weighted by Crippen LogP contribution is -2.52. The molecule has 2 aliphatic rings. The Kier molecular flexibility index (Phi) is 9.35. The maximum Gasteiger partial charge on any atom is 0.212 e. The third-order valence-electron chi connectivity index (χ3n) is 8.82. The zero-order chi connectivity index (χ0) is 33.3. The fourth-order valence-corrected chi connectivity index (χ4v) is 6.52. The van der Waals surface area contributed by atoms with E-state index in [4.69, 9.17) is 27.9 Å². The van der Waals surface area contributed by atoms with Crippen LogP contribution in [0.1, 0.15) is 56.3 Å². The summed E-state index contributed by atoms with van der Waals surface area (Å²) in [5.41, 5.74) is 12.8. The zero-order valence-electron chi connectivity index (χ0n) is 27.2. The largest absolute Gasteiger partial charge is 0.481 e. The summed E-state index contributed by atoms with van der Waals surface area (Å²) < 4.78 is 5.33. The highest BCUT2D eigenvalue weighted by Crippen LogP contribution is 2.38. The second kappa shape index (κ2) is 13.5. The zero-order valence-corrected chi connectivity index (χ0v) is 28.7. The fourth-order valence-electron chi connectivity index (χ4n) is 6.07. The molecular formula is C35H39Cl2N9O. The number of nitrogens with one attached hydrogen (secondary N) is 4. The monoisotopic (exact) mass is 671 g/mol. The number of piperidine rings is 1. The van der Waals surface area contributed by atoms with Crippen molar-refractivity contribution in [2.24, 2.45) is 0 Å². The van der Waals surface area contributed by atoms with Gasteiger partial charge in [-0.1, -0.05) is 29.3 Å². The van der Waals surface area contributed by atoms with Gasteiger partial charge < -0.3 is 20.8 Å². The van der Waals surface area contributed by atoms with Crippen molar-refractivity contribution in [2.45, 2.75) is 58.2 Å². The standard InChI is InChI=1S/C35H39Cl2N9O/c1-21-6-8-24(15-28(21)36)41-32-23(17-38)19-40-34-27(32)14-25(16-29(34)37)42-33(22-7-9-31(47-5)39-18-22)30-20-46(44-43-30)26-10-12-45(13-11-26)35(2,3)4/h6-9,14-16,18-20,26,33,42-44H,10-13H2,1-5H3,(H,40,41)/t33-/m0/s1. The van der Waals surface area contributed by atoms with Crippen molar-refractivity contribution in [3.8, 4) is 11.9 Å². The van der Waals surface area contributed by atoms with E-state index in [0.717, 1.165) is 54.1 Å². The first-order valence-corrected chi connectivity index (χ1v) is 16.4. The lowest BCUT2D eigenvalue weighted by atomic mass is 9.98. The van der Waals surface area contributed by atoms with Crippen molar-refractivity contribution < 1.29 is 4.74 Å². The summed E-state index contributed by atoms with van der Waals surface area (Å²) in [7, 11) is 1.60. The summed E-state index contributed by atoms with van der Waals surface area (Å²) >= 11 is 13.3. The van der Waals surface area contributed by atoms with E-state index in [1.807, 2.05) is 49.4 Å². The molecule has 12 heteroatoms. The highest BCUT2D eigenvalue weighted by molar-refractivity contribution is 6.36. The maximum absolute atomic E-state index is 10.0. The minimum Gasteiger partial charge on any atom is -0.481 e. The van der Waals surface area contributed by atoms with Crippen LogP contribution in [0, 0.1) is 18.3 Å². The van der Waals surface area contributed by atoms with Gasteiger partial charge in [0.2, 0.25) is 5.88 Å². The smallest absolute Gasteiger partial charge is 0.212 e. The number of anilines is 3. The number of benzene rings is 2. The quantitative estimate of drug-likeness (QED) is 0.151. The first-order chi connectivity index (χ1) is 22.5. The second-order valence-electron chi connectivity index (χ2n) is 12.9. The Bertz CT molecular complexity index is 1840. The molecule has 0 amide bonds. The normalized spacial score (nSPS) is 16.4. The van der Waals surface area contributed by atoms with Gasteiger partial charge in [-0.25, -0.2) is 4.98 Å². The number of likely N-dealkylation sites (tertiary alicyclic amines) is 1. The summed E-state index contributed by atoms with van der Waals surface area (Å²) in [6, 6.07) is 15.6. The molecule has 4 aromatic rings. The van der Waals surface area contributed by atoms with Crippen LogP contribution >= 0.6 is 23.2 Å². The Morgan fingerprint density at radius 1 is 1.02 bits per heavy atom. The molecule has 4 N–H and O–H groups in total. The van der Waals surface area contributed by atoms with Gasteiger partial charge >= 0.3 is 0 Å². The van der Waals surface area contributed by atoms with Crippen LogP contribution in [0.4, 0.5) is 17.1 Å². The van der Waals surface area contributed by atoms with Crippen LogP contribution in [-0.4, -0.2) is 51.7 Å². The number of fused-ring (bicyclic) bond motifs is 1. The number of halogens is 2. The molecule has 6 rings (SSSR count). The Morgan fingerprint density at radius 2 is 1.79 bits per heavy atom. The van der Waals surface area contributed by atoms with Crippen LogP contribution in [0.3, 0.4) is 0 Å². The van der Waals surface area contributed by atoms with Gasteiger partial charge in [0.25, 0.3) is 0 Å². The highest BCUT2D eigenvalue weighted by atomic mass is 35.5. The Labute approximate surface area is 285 Å². The minimum absolute atomic E-state index is 0.159. The fraction of sp³-hybridized carbons (Fsp3) is 0.343. The van der Waals surface area contributed by atoms with E-state index >= 15 is 0 Å². The lowest BCUT2D eigenvalue weighted by Gasteiger charge is -2.42. The SMILES string of the molecule is COc1ccc([C@H](Nc2cc(Cl)c3ncc(C#N)c(Nc4ccc(C)c(Cl)c4)c3c2)C2=CN(C3CCN(C(C)(C)C)CC3)NN2)cn1. The number of pyridine rings is 2. The predicted molar refractivity (Wildman–Crippen MR) is 189 cm³/mol.